The molecule has 0 saturated carbocycles. The van der Waals surface area contributed by atoms with Gasteiger partial charge < -0.3 is 15.6 Å². The van der Waals surface area contributed by atoms with Crippen LogP contribution in [0.5, 0.6) is 0 Å². The molecule has 1 aliphatic heterocycles. The number of rotatable bonds is 3. The zero-order valence-electron chi connectivity index (χ0n) is 13.2. The number of fused-ring (bicyclic) bond motifs is 1. The lowest BCUT2D eigenvalue weighted by Crippen LogP contribution is -2.38. The predicted octanol–water partition coefficient (Wildman–Crippen LogP) is 2.66. The van der Waals surface area contributed by atoms with Crippen molar-refractivity contribution in [2.75, 3.05) is 18.4 Å². The second-order valence-electron chi connectivity index (χ2n) is 6.00. The molecule has 1 saturated heterocycles. The van der Waals surface area contributed by atoms with E-state index >= 15 is 0 Å². The van der Waals surface area contributed by atoms with Crippen molar-refractivity contribution < 1.29 is 0 Å². The SMILES string of the molecule is N#Cc1cnc(N[C@H]2CCCNC2)nc1-c1c[nH]c2ccccc12. The number of aromatic nitrogens is 3. The van der Waals surface area contributed by atoms with Crippen LogP contribution in [0.15, 0.2) is 36.7 Å². The molecule has 0 bridgehead atoms. The van der Waals surface area contributed by atoms with E-state index in [0.29, 0.717) is 23.2 Å². The second-order valence-corrected chi connectivity index (χ2v) is 6.00. The quantitative estimate of drug-likeness (QED) is 0.691. The number of hydrogen-bond acceptors (Lipinski definition) is 5. The molecule has 6 nitrogen and oxygen atoms in total. The lowest BCUT2D eigenvalue weighted by molar-refractivity contribution is 0.478. The van der Waals surface area contributed by atoms with E-state index in [1.807, 2.05) is 30.5 Å². The summed E-state index contributed by atoms with van der Waals surface area (Å²) in [6.07, 6.45) is 5.74. The molecule has 3 heterocycles. The number of aromatic amines is 1. The Balaban J connectivity index is 1.73. The lowest BCUT2D eigenvalue weighted by Gasteiger charge is -2.23. The first-order valence-corrected chi connectivity index (χ1v) is 8.16. The average Bonchev–Trinajstić information content (AvgIpc) is 3.06. The maximum absolute atomic E-state index is 9.43. The van der Waals surface area contributed by atoms with Crippen molar-refractivity contribution >= 4 is 16.9 Å². The monoisotopic (exact) mass is 318 g/mol. The first-order valence-electron chi connectivity index (χ1n) is 8.16. The number of hydrogen-bond donors (Lipinski definition) is 3. The van der Waals surface area contributed by atoms with Gasteiger partial charge in [-0.3, -0.25) is 0 Å². The maximum Gasteiger partial charge on any atom is 0.223 e. The van der Waals surface area contributed by atoms with E-state index < -0.39 is 0 Å². The Morgan fingerprint density at radius 3 is 3.04 bits per heavy atom. The summed E-state index contributed by atoms with van der Waals surface area (Å²) < 4.78 is 0. The molecule has 0 amide bonds. The van der Waals surface area contributed by atoms with Crippen molar-refractivity contribution in [2.45, 2.75) is 18.9 Å². The minimum Gasteiger partial charge on any atom is -0.360 e. The van der Waals surface area contributed by atoms with Gasteiger partial charge in [-0.1, -0.05) is 18.2 Å². The molecule has 1 aromatic carbocycles. The number of piperidine rings is 1. The van der Waals surface area contributed by atoms with Gasteiger partial charge in [0.25, 0.3) is 0 Å². The third-order valence-electron chi connectivity index (χ3n) is 4.38. The molecule has 1 aliphatic rings. The van der Waals surface area contributed by atoms with Gasteiger partial charge in [-0.15, -0.1) is 0 Å². The van der Waals surface area contributed by atoms with Crippen LogP contribution in [0.2, 0.25) is 0 Å². The van der Waals surface area contributed by atoms with Crippen LogP contribution in [0.4, 0.5) is 5.95 Å². The van der Waals surface area contributed by atoms with Crippen LogP contribution >= 0.6 is 0 Å². The van der Waals surface area contributed by atoms with E-state index in [0.717, 1.165) is 42.4 Å². The standard InChI is InChI=1S/C18H18N6/c19-8-12-9-22-18(23-13-4-3-7-20-10-13)24-17(12)15-11-21-16-6-2-1-5-14(15)16/h1-2,5-6,9,11,13,20-21H,3-4,7,10H2,(H,22,23,24)/t13-/m0/s1. The van der Waals surface area contributed by atoms with Gasteiger partial charge in [-0.25, -0.2) is 9.97 Å². The van der Waals surface area contributed by atoms with Crippen molar-refractivity contribution in [1.29, 1.82) is 5.26 Å². The molecule has 0 unspecified atom stereocenters. The highest BCUT2D eigenvalue weighted by molar-refractivity contribution is 5.95. The Morgan fingerprint density at radius 1 is 1.29 bits per heavy atom. The molecule has 3 aromatic rings. The number of nitriles is 1. The molecule has 4 rings (SSSR count). The predicted molar refractivity (Wildman–Crippen MR) is 93.6 cm³/mol. The van der Waals surface area contributed by atoms with Crippen LogP contribution in [0.1, 0.15) is 18.4 Å². The molecular formula is C18H18N6. The summed E-state index contributed by atoms with van der Waals surface area (Å²) in [4.78, 5) is 12.2. The molecule has 1 fully saturated rings. The number of nitrogens with zero attached hydrogens (tertiary/aromatic N) is 3. The molecule has 6 heteroatoms. The zero-order chi connectivity index (χ0) is 16.4. The zero-order valence-corrected chi connectivity index (χ0v) is 13.2. The highest BCUT2D eigenvalue weighted by atomic mass is 15.1. The number of anilines is 1. The number of nitrogens with one attached hydrogen (secondary N) is 3. The topological polar surface area (TPSA) is 89.4 Å². The molecule has 0 radical (unpaired) electrons. The Morgan fingerprint density at radius 2 is 2.21 bits per heavy atom. The molecule has 24 heavy (non-hydrogen) atoms. The number of benzene rings is 1. The average molecular weight is 318 g/mol. The minimum atomic E-state index is 0.322. The highest BCUT2D eigenvalue weighted by Gasteiger charge is 2.17. The molecule has 1 atom stereocenters. The fraction of sp³-hybridized carbons (Fsp3) is 0.278. The molecular weight excluding hydrogens is 300 g/mol. The molecule has 0 spiro atoms. The molecule has 0 aliphatic carbocycles. The van der Waals surface area contributed by atoms with Crippen LogP contribution in [0.3, 0.4) is 0 Å². The third kappa shape index (κ3) is 2.70. The van der Waals surface area contributed by atoms with Crippen molar-refractivity contribution in [3.63, 3.8) is 0 Å². The van der Waals surface area contributed by atoms with Crippen LogP contribution in [-0.4, -0.2) is 34.1 Å². The van der Waals surface area contributed by atoms with Gasteiger partial charge in [0.05, 0.1) is 17.5 Å². The fourth-order valence-corrected chi connectivity index (χ4v) is 3.16. The first-order chi connectivity index (χ1) is 11.8. The van der Waals surface area contributed by atoms with Gasteiger partial charge in [-0.05, 0) is 25.5 Å². The van der Waals surface area contributed by atoms with Crippen molar-refractivity contribution in [3.8, 4) is 17.3 Å². The minimum absolute atomic E-state index is 0.322. The summed E-state index contributed by atoms with van der Waals surface area (Å²) in [5.74, 6) is 0.572. The number of para-hydroxylation sites is 1. The molecule has 2 aromatic heterocycles. The van der Waals surface area contributed by atoms with Crippen LogP contribution in [-0.2, 0) is 0 Å². The largest absolute Gasteiger partial charge is 0.360 e. The second kappa shape index (κ2) is 6.30. The van der Waals surface area contributed by atoms with Gasteiger partial charge in [0, 0.05) is 35.2 Å². The van der Waals surface area contributed by atoms with Crippen molar-refractivity contribution in [3.05, 3.63) is 42.2 Å². The van der Waals surface area contributed by atoms with Gasteiger partial charge in [0.2, 0.25) is 5.95 Å². The summed E-state index contributed by atoms with van der Waals surface area (Å²) in [6, 6.07) is 10.5. The smallest absolute Gasteiger partial charge is 0.223 e. The Bertz CT molecular complexity index is 901. The van der Waals surface area contributed by atoms with E-state index in [4.69, 9.17) is 0 Å². The Kier molecular flexibility index (Phi) is 3.85. The maximum atomic E-state index is 9.43. The van der Waals surface area contributed by atoms with E-state index in [-0.39, 0.29) is 0 Å². The van der Waals surface area contributed by atoms with Crippen LogP contribution in [0, 0.1) is 11.3 Å². The first kappa shape index (κ1) is 14.7. The van der Waals surface area contributed by atoms with E-state index in [1.165, 1.54) is 0 Å². The van der Waals surface area contributed by atoms with Crippen molar-refractivity contribution in [2.24, 2.45) is 0 Å². The normalized spacial score (nSPS) is 17.5. The van der Waals surface area contributed by atoms with Crippen LogP contribution < -0.4 is 10.6 Å². The van der Waals surface area contributed by atoms with Gasteiger partial charge in [0.1, 0.15) is 6.07 Å². The van der Waals surface area contributed by atoms with Crippen molar-refractivity contribution in [1.82, 2.24) is 20.3 Å². The summed E-state index contributed by atoms with van der Waals surface area (Å²) in [5.41, 5.74) is 3.10. The van der Waals surface area contributed by atoms with Crippen LogP contribution in [0.25, 0.3) is 22.2 Å². The highest BCUT2D eigenvalue weighted by Crippen LogP contribution is 2.29. The molecule has 120 valence electrons. The lowest BCUT2D eigenvalue weighted by atomic mass is 10.1. The van der Waals surface area contributed by atoms with Gasteiger partial charge >= 0.3 is 0 Å². The summed E-state index contributed by atoms with van der Waals surface area (Å²) in [6.45, 7) is 1.97. The Labute approximate surface area is 139 Å². The third-order valence-corrected chi connectivity index (χ3v) is 4.38. The summed E-state index contributed by atoms with van der Waals surface area (Å²) in [7, 11) is 0. The van der Waals surface area contributed by atoms with Gasteiger partial charge in [-0.2, -0.15) is 5.26 Å². The van der Waals surface area contributed by atoms with Gasteiger partial charge in [0.15, 0.2) is 0 Å². The van der Waals surface area contributed by atoms with E-state index in [9.17, 15) is 5.26 Å². The summed E-state index contributed by atoms with van der Waals surface area (Å²) in [5, 5.41) is 17.2. The number of H-pyrrole nitrogens is 1. The van der Waals surface area contributed by atoms with E-state index in [1.54, 1.807) is 6.20 Å². The summed E-state index contributed by atoms with van der Waals surface area (Å²) >= 11 is 0. The molecule has 3 N–H and O–H groups in total. The Hall–Kier alpha value is -2.91. The van der Waals surface area contributed by atoms with E-state index in [2.05, 4.69) is 31.7 Å². The fourth-order valence-electron chi connectivity index (χ4n) is 3.16.